The van der Waals surface area contributed by atoms with Crippen LogP contribution in [0.5, 0.6) is 5.88 Å². The Balaban J connectivity index is 1.97. The number of rotatable bonds is 6. The van der Waals surface area contributed by atoms with Gasteiger partial charge in [0.2, 0.25) is 5.88 Å². The van der Waals surface area contributed by atoms with E-state index in [0.717, 1.165) is 32.5 Å². The summed E-state index contributed by atoms with van der Waals surface area (Å²) in [7, 11) is 4.00. The van der Waals surface area contributed by atoms with E-state index < -0.39 is 0 Å². The highest BCUT2D eigenvalue weighted by Gasteiger charge is 2.23. The smallest absolute Gasteiger partial charge is 0.253 e. The molecule has 0 aromatic carbocycles. The van der Waals surface area contributed by atoms with Crippen molar-refractivity contribution in [1.29, 1.82) is 0 Å². The van der Waals surface area contributed by atoms with Gasteiger partial charge in [-0.2, -0.15) is 0 Å². The SMILES string of the molecule is CC[C@H](C)Oc1cc(C(=O)N(C)C[C@H]2CCN(C)C2)ccn1. The van der Waals surface area contributed by atoms with E-state index in [-0.39, 0.29) is 12.0 Å². The summed E-state index contributed by atoms with van der Waals surface area (Å²) in [5.41, 5.74) is 0.641. The van der Waals surface area contributed by atoms with Crippen LogP contribution in [0.15, 0.2) is 18.3 Å². The van der Waals surface area contributed by atoms with Crippen molar-refractivity contribution in [1.82, 2.24) is 14.8 Å². The highest BCUT2D eigenvalue weighted by atomic mass is 16.5. The van der Waals surface area contributed by atoms with E-state index in [0.29, 0.717) is 17.4 Å². The number of amides is 1. The molecule has 1 fully saturated rings. The van der Waals surface area contributed by atoms with Crippen molar-refractivity contribution < 1.29 is 9.53 Å². The number of nitrogens with zero attached hydrogens (tertiary/aromatic N) is 3. The molecule has 2 heterocycles. The van der Waals surface area contributed by atoms with E-state index in [9.17, 15) is 4.79 Å². The fourth-order valence-corrected chi connectivity index (χ4v) is 2.76. The maximum Gasteiger partial charge on any atom is 0.253 e. The highest BCUT2D eigenvalue weighted by molar-refractivity contribution is 5.94. The van der Waals surface area contributed by atoms with Crippen molar-refractivity contribution >= 4 is 5.91 Å². The molecule has 1 aliphatic rings. The van der Waals surface area contributed by atoms with E-state index in [1.807, 2.05) is 18.9 Å². The molecule has 1 aliphatic heterocycles. The van der Waals surface area contributed by atoms with Crippen molar-refractivity contribution in [3.63, 3.8) is 0 Å². The van der Waals surface area contributed by atoms with Crippen LogP contribution in [-0.2, 0) is 0 Å². The molecule has 0 unspecified atom stereocenters. The van der Waals surface area contributed by atoms with Gasteiger partial charge < -0.3 is 14.5 Å². The van der Waals surface area contributed by atoms with Gasteiger partial charge in [-0.1, -0.05) is 6.92 Å². The normalized spacial score (nSPS) is 19.9. The summed E-state index contributed by atoms with van der Waals surface area (Å²) in [6, 6.07) is 3.49. The van der Waals surface area contributed by atoms with Gasteiger partial charge in [0.1, 0.15) is 0 Å². The van der Waals surface area contributed by atoms with Crippen molar-refractivity contribution in [2.75, 3.05) is 33.7 Å². The molecule has 0 radical (unpaired) electrons. The second-order valence-electron chi connectivity index (χ2n) is 6.32. The molecule has 122 valence electrons. The minimum atomic E-state index is 0.0333. The molecular weight excluding hydrogens is 278 g/mol. The molecule has 0 bridgehead atoms. The molecule has 0 spiro atoms. The van der Waals surface area contributed by atoms with E-state index in [1.165, 1.54) is 0 Å². The summed E-state index contributed by atoms with van der Waals surface area (Å²) < 4.78 is 5.69. The zero-order valence-electron chi connectivity index (χ0n) is 14.1. The number of carbonyl (C=O) groups excluding carboxylic acids is 1. The van der Waals surface area contributed by atoms with Gasteiger partial charge in [-0.05, 0) is 45.3 Å². The summed E-state index contributed by atoms with van der Waals surface area (Å²) in [4.78, 5) is 20.9. The molecular formula is C17H27N3O2. The number of hydrogen-bond acceptors (Lipinski definition) is 4. The molecule has 22 heavy (non-hydrogen) atoms. The van der Waals surface area contributed by atoms with Crippen LogP contribution >= 0.6 is 0 Å². The highest BCUT2D eigenvalue weighted by Crippen LogP contribution is 2.18. The van der Waals surface area contributed by atoms with Gasteiger partial charge >= 0.3 is 0 Å². The zero-order chi connectivity index (χ0) is 16.1. The standard InChI is InChI=1S/C17H27N3O2/c1-5-13(2)22-16-10-15(6-8-18-16)17(21)20(4)12-14-7-9-19(3)11-14/h6,8,10,13-14H,5,7,9,11-12H2,1-4H3/t13-,14-/m0/s1. The number of ether oxygens (including phenoxy) is 1. The van der Waals surface area contributed by atoms with E-state index in [4.69, 9.17) is 4.74 Å². The minimum Gasteiger partial charge on any atom is -0.475 e. The molecule has 2 atom stereocenters. The Morgan fingerprint density at radius 1 is 1.59 bits per heavy atom. The summed E-state index contributed by atoms with van der Waals surface area (Å²) >= 11 is 0. The second kappa shape index (κ2) is 7.58. The quantitative estimate of drug-likeness (QED) is 0.809. The third-order valence-electron chi connectivity index (χ3n) is 4.25. The zero-order valence-corrected chi connectivity index (χ0v) is 14.1. The Labute approximate surface area is 133 Å². The lowest BCUT2D eigenvalue weighted by molar-refractivity contribution is 0.0773. The van der Waals surface area contributed by atoms with Gasteiger partial charge in [0.25, 0.3) is 5.91 Å². The molecule has 1 aromatic heterocycles. The van der Waals surface area contributed by atoms with Crippen LogP contribution in [0.2, 0.25) is 0 Å². The maximum absolute atomic E-state index is 12.6. The van der Waals surface area contributed by atoms with Crippen LogP contribution in [0.25, 0.3) is 0 Å². The molecule has 0 saturated carbocycles. The van der Waals surface area contributed by atoms with Crippen LogP contribution < -0.4 is 4.74 Å². The Hall–Kier alpha value is -1.62. The summed E-state index contributed by atoms with van der Waals surface area (Å²) in [6.45, 7) is 7.04. The fraction of sp³-hybridized carbons (Fsp3) is 0.647. The summed E-state index contributed by atoms with van der Waals surface area (Å²) in [5.74, 6) is 1.12. The van der Waals surface area contributed by atoms with Crippen LogP contribution in [-0.4, -0.2) is 60.5 Å². The Morgan fingerprint density at radius 2 is 2.36 bits per heavy atom. The van der Waals surface area contributed by atoms with Gasteiger partial charge in [-0.25, -0.2) is 4.98 Å². The average molecular weight is 305 g/mol. The van der Waals surface area contributed by atoms with E-state index >= 15 is 0 Å². The summed E-state index contributed by atoms with van der Waals surface area (Å²) in [6.07, 6.45) is 3.81. The van der Waals surface area contributed by atoms with Crippen LogP contribution in [0.4, 0.5) is 0 Å². The van der Waals surface area contributed by atoms with Crippen molar-refractivity contribution in [3.05, 3.63) is 23.9 Å². The van der Waals surface area contributed by atoms with Crippen LogP contribution in [0.3, 0.4) is 0 Å². The third kappa shape index (κ3) is 4.44. The van der Waals surface area contributed by atoms with Gasteiger partial charge in [0.05, 0.1) is 6.10 Å². The topological polar surface area (TPSA) is 45.7 Å². The minimum absolute atomic E-state index is 0.0333. The molecule has 1 aromatic rings. The number of aromatic nitrogens is 1. The lowest BCUT2D eigenvalue weighted by atomic mass is 10.1. The van der Waals surface area contributed by atoms with Gasteiger partial charge in [-0.3, -0.25) is 4.79 Å². The predicted octanol–water partition coefficient (Wildman–Crippen LogP) is 2.28. The first kappa shape index (κ1) is 16.7. The molecule has 0 N–H and O–H groups in total. The molecule has 1 amide bonds. The third-order valence-corrected chi connectivity index (χ3v) is 4.25. The number of carbonyl (C=O) groups is 1. The van der Waals surface area contributed by atoms with Gasteiger partial charge in [0, 0.05) is 38.0 Å². The molecule has 5 nitrogen and oxygen atoms in total. The van der Waals surface area contributed by atoms with Crippen LogP contribution in [0.1, 0.15) is 37.0 Å². The first-order valence-electron chi connectivity index (χ1n) is 8.06. The first-order chi connectivity index (χ1) is 10.5. The molecule has 1 saturated heterocycles. The van der Waals surface area contributed by atoms with Gasteiger partial charge in [-0.15, -0.1) is 0 Å². The maximum atomic E-state index is 12.6. The number of hydrogen-bond donors (Lipinski definition) is 0. The average Bonchev–Trinajstić information content (AvgIpc) is 2.91. The first-order valence-corrected chi connectivity index (χ1v) is 8.06. The second-order valence-corrected chi connectivity index (χ2v) is 6.32. The molecule has 2 rings (SSSR count). The number of likely N-dealkylation sites (tertiary alicyclic amines) is 1. The fourth-order valence-electron chi connectivity index (χ4n) is 2.76. The van der Waals surface area contributed by atoms with Crippen LogP contribution in [0, 0.1) is 5.92 Å². The Bertz CT molecular complexity index is 506. The monoisotopic (exact) mass is 305 g/mol. The van der Waals surface area contributed by atoms with E-state index in [2.05, 4.69) is 23.9 Å². The number of pyridine rings is 1. The van der Waals surface area contributed by atoms with E-state index in [1.54, 1.807) is 18.3 Å². The van der Waals surface area contributed by atoms with Gasteiger partial charge in [0.15, 0.2) is 0 Å². The summed E-state index contributed by atoms with van der Waals surface area (Å²) in [5, 5.41) is 0. The molecule has 5 heteroatoms. The largest absolute Gasteiger partial charge is 0.475 e. The van der Waals surface area contributed by atoms with Crippen molar-refractivity contribution in [3.8, 4) is 5.88 Å². The lowest BCUT2D eigenvalue weighted by Gasteiger charge is -2.21. The molecule has 0 aliphatic carbocycles. The Kier molecular flexibility index (Phi) is 5.77. The predicted molar refractivity (Wildman–Crippen MR) is 87.2 cm³/mol. The van der Waals surface area contributed by atoms with Crippen molar-refractivity contribution in [2.45, 2.75) is 32.8 Å². The lowest BCUT2D eigenvalue weighted by Crippen LogP contribution is -2.32. The van der Waals surface area contributed by atoms with Crippen molar-refractivity contribution in [2.24, 2.45) is 5.92 Å². The Morgan fingerprint density at radius 3 is 3.00 bits per heavy atom.